The second-order valence-electron chi connectivity index (χ2n) is 8.95. The Morgan fingerprint density at radius 1 is 1.26 bits per heavy atom. The summed E-state index contributed by atoms with van der Waals surface area (Å²) in [6.45, 7) is 4.19. The van der Waals surface area contributed by atoms with Gasteiger partial charge in [-0.3, -0.25) is 14.4 Å². The molecule has 6 N–H and O–H groups in total. The van der Waals surface area contributed by atoms with Crippen molar-refractivity contribution in [3.63, 3.8) is 0 Å². The molecule has 11 nitrogen and oxygen atoms in total. The lowest BCUT2D eigenvalue weighted by Gasteiger charge is -2.29. The number of aliphatic carboxylic acids is 1. The first kappa shape index (κ1) is 27.6. The number of likely N-dealkylation sites (tertiary alicyclic amines) is 1. The smallest absolute Gasteiger partial charge is 0.326 e. The van der Waals surface area contributed by atoms with Crippen molar-refractivity contribution in [2.45, 2.75) is 70.1 Å². The Hall–Kier alpha value is -2.60. The number of carbonyl (C=O) groups excluding carboxylic acids is 3. The van der Waals surface area contributed by atoms with Crippen LogP contribution in [0.25, 0.3) is 0 Å². The number of imidazole rings is 1. The number of aromatic amines is 1. The minimum absolute atomic E-state index is 0.0854. The number of nitrogens with one attached hydrogen (secondary N) is 3. The largest absolute Gasteiger partial charge is 0.480 e. The Labute approximate surface area is 204 Å². The van der Waals surface area contributed by atoms with Gasteiger partial charge in [-0.25, -0.2) is 9.78 Å². The monoisotopic (exact) mass is 496 g/mol. The summed E-state index contributed by atoms with van der Waals surface area (Å²) in [5, 5.41) is 15.0. The first-order chi connectivity index (χ1) is 16.1. The number of thioether (sulfide) groups is 1. The van der Waals surface area contributed by atoms with Gasteiger partial charge in [0.1, 0.15) is 18.1 Å². The SMILES string of the molecule is CSCCC(NC(=O)C(N)Cc1cnc[nH]1)C(=O)NC(CC(C)C)C(=O)N1CCCC1C(=O)O. The zero-order chi connectivity index (χ0) is 25.3. The Balaban J connectivity index is 2.10. The Morgan fingerprint density at radius 3 is 2.56 bits per heavy atom. The molecule has 34 heavy (non-hydrogen) atoms. The first-order valence-corrected chi connectivity index (χ1v) is 12.9. The van der Waals surface area contributed by atoms with E-state index in [1.54, 1.807) is 6.20 Å². The van der Waals surface area contributed by atoms with Gasteiger partial charge in [0.25, 0.3) is 0 Å². The summed E-state index contributed by atoms with van der Waals surface area (Å²) in [5.74, 6) is -1.71. The molecule has 1 aliphatic rings. The minimum atomic E-state index is -1.04. The number of aromatic nitrogens is 2. The van der Waals surface area contributed by atoms with Crippen molar-refractivity contribution in [2.24, 2.45) is 11.7 Å². The molecule has 4 atom stereocenters. The Bertz CT molecular complexity index is 834. The standard InChI is InChI=1S/C22H36N6O5S/c1-13(2)9-17(21(31)28-7-4-5-18(28)22(32)33)27-20(30)16(6-8-34-3)26-19(29)15(23)10-14-11-24-12-25-14/h11-13,15-18H,4-10,23H2,1-3H3,(H,24,25)(H,26,29)(H,27,30)(H,32,33). The molecule has 2 rings (SSSR count). The van der Waals surface area contributed by atoms with Crippen LogP contribution in [0.4, 0.5) is 0 Å². The second-order valence-corrected chi connectivity index (χ2v) is 9.93. The predicted octanol–water partition coefficient (Wildman–Crippen LogP) is 0.124. The molecule has 3 amide bonds. The molecule has 0 radical (unpaired) electrons. The van der Waals surface area contributed by atoms with E-state index in [2.05, 4.69) is 20.6 Å². The van der Waals surface area contributed by atoms with Crippen molar-refractivity contribution in [2.75, 3.05) is 18.6 Å². The van der Waals surface area contributed by atoms with Gasteiger partial charge in [0.2, 0.25) is 17.7 Å². The van der Waals surface area contributed by atoms with Crippen molar-refractivity contribution in [3.05, 3.63) is 18.2 Å². The maximum absolute atomic E-state index is 13.2. The van der Waals surface area contributed by atoms with Crippen molar-refractivity contribution in [1.29, 1.82) is 0 Å². The minimum Gasteiger partial charge on any atom is -0.480 e. The molecule has 2 heterocycles. The molecule has 0 bridgehead atoms. The summed E-state index contributed by atoms with van der Waals surface area (Å²) in [5.41, 5.74) is 6.72. The van der Waals surface area contributed by atoms with Crippen LogP contribution >= 0.6 is 11.8 Å². The summed E-state index contributed by atoms with van der Waals surface area (Å²) in [7, 11) is 0. The van der Waals surface area contributed by atoms with Gasteiger partial charge in [-0.15, -0.1) is 0 Å². The highest BCUT2D eigenvalue weighted by Crippen LogP contribution is 2.20. The number of hydrogen-bond acceptors (Lipinski definition) is 7. The second kappa shape index (κ2) is 13.3. The predicted molar refractivity (Wildman–Crippen MR) is 129 cm³/mol. The summed E-state index contributed by atoms with van der Waals surface area (Å²) in [6, 6.07) is -3.51. The fourth-order valence-corrected chi connectivity index (χ4v) is 4.43. The van der Waals surface area contributed by atoms with Gasteiger partial charge in [-0.1, -0.05) is 13.8 Å². The van der Waals surface area contributed by atoms with Gasteiger partial charge >= 0.3 is 5.97 Å². The van der Waals surface area contributed by atoms with Gasteiger partial charge in [-0.2, -0.15) is 11.8 Å². The van der Waals surface area contributed by atoms with E-state index in [1.807, 2.05) is 20.1 Å². The summed E-state index contributed by atoms with van der Waals surface area (Å²) in [4.78, 5) is 58.7. The average Bonchev–Trinajstić information content (AvgIpc) is 3.47. The van der Waals surface area contributed by atoms with Crippen molar-refractivity contribution in [3.8, 4) is 0 Å². The van der Waals surface area contributed by atoms with E-state index < -0.39 is 47.9 Å². The summed E-state index contributed by atoms with van der Waals surface area (Å²) in [6.07, 6.45) is 6.92. The van der Waals surface area contributed by atoms with Gasteiger partial charge in [0.05, 0.1) is 12.4 Å². The first-order valence-electron chi connectivity index (χ1n) is 11.5. The maximum Gasteiger partial charge on any atom is 0.326 e. The van der Waals surface area contributed by atoms with Crippen LogP contribution in [0, 0.1) is 5.92 Å². The quantitative estimate of drug-likeness (QED) is 0.256. The Kier molecular flexibility index (Phi) is 10.8. The third kappa shape index (κ3) is 8.01. The summed E-state index contributed by atoms with van der Waals surface area (Å²) >= 11 is 1.53. The Morgan fingerprint density at radius 2 is 1.97 bits per heavy atom. The third-order valence-corrected chi connectivity index (χ3v) is 6.36. The van der Waals surface area contributed by atoms with Crippen molar-refractivity contribution >= 4 is 35.5 Å². The van der Waals surface area contributed by atoms with Crippen LogP contribution < -0.4 is 16.4 Å². The normalized spacial score (nSPS) is 18.4. The number of carboxylic acid groups (broad SMARTS) is 1. The maximum atomic E-state index is 13.2. The number of nitrogens with zero attached hydrogens (tertiary/aromatic N) is 2. The number of amides is 3. The fourth-order valence-electron chi connectivity index (χ4n) is 3.96. The van der Waals surface area contributed by atoms with E-state index in [1.165, 1.54) is 23.0 Å². The molecular formula is C22H36N6O5S. The number of nitrogens with two attached hydrogens (primary N) is 1. The van der Waals surface area contributed by atoms with Crippen LogP contribution in [0.15, 0.2) is 12.5 Å². The summed E-state index contributed by atoms with van der Waals surface area (Å²) < 4.78 is 0. The van der Waals surface area contributed by atoms with Crippen molar-refractivity contribution < 1.29 is 24.3 Å². The van der Waals surface area contributed by atoms with Crippen LogP contribution in [-0.2, 0) is 25.6 Å². The number of hydrogen-bond donors (Lipinski definition) is 5. The van der Waals surface area contributed by atoms with Crippen LogP contribution in [0.5, 0.6) is 0 Å². The zero-order valence-electron chi connectivity index (χ0n) is 20.0. The van der Waals surface area contributed by atoms with E-state index in [0.29, 0.717) is 43.7 Å². The molecule has 1 aromatic rings. The highest BCUT2D eigenvalue weighted by molar-refractivity contribution is 7.98. The topological polar surface area (TPSA) is 171 Å². The van der Waals surface area contributed by atoms with E-state index >= 15 is 0 Å². The molecule has 12 heteroatoms. The molecule has 1 aromatic heterocycles. The molecule has 190 valence electrons. The number of rotatable bonds is 13. The number of H-pyrrole nitrogens is 1. The van der Waals surface area contributed by atoms with Crippen molar-refractivity contribution in [1.82, 2.24) is 25.5 Å². The van der Waals surface area contributed by atoms with Gasteiger partial charge in [0.15, 0.2) is 0 Å². The highest BCUT2D eigenvalue weighted by atomic mass is 32.2. The molecule has 1 saturated heterocycles. The molecule has 4 unspecified atom stereocenters. The number of carboxylic acids is 1. The van der Waals surface area contributed by atoms with E-state index in [4.69, 9.17) is 5.73 Å². The molecule has 0 aliphatic carbocycles. The molecule has 0 spiro atoms. The van der Waals surface area contributed by atoms with Gasteiger partial charge in [-0.05, 0) is 43.6 Å². The van der Waals surface area contributed by atoms with Gasteiger partial charge in [0, 0.05) is 24.9 Å². The average molecular weight is 497 g/mol. The third-order valence-electron chi connectivity index (χ3n) is 5.72. The van der Waals surface area contributed by atoms with E-state index in [9.17, 15) is 24.3 Å². The lowest BCUT2D eigenvalue weighted by Crippen LogP contribution is -2.57. The van der Waals surface area contributed by atoms with E-state index in [-0.39, 0.29) is 12.3 Å². The molecule has 1 aliphatic heterocycles. The molecular weight excluding hydrogens is 460 g/mol. The molecule has 0 saturated carbocycles. The van der Waals surface area contributed by atoms with E-state index in [0.717, 1.165) is 0 Å². The van der Waals surface area contributed by atoms with Crippen LogP contribution in [0.1, 0.15) is 45.2 Å². The lowest BCUT2D eigenvalue weighted by atomic mass is 10.0. The zero-order valence-corrected chi connectivity index (χ0v) is 20.8. The molecule has 0 aromatic carbocycles. The number of carbonyl (C=O) groups is 4. The van der Waals surface area contributed by atoms with Crippen LogP contribution in [-0.4, -0.2) is 86.4 Å². The molecule has 1 fully saturated rings. The fraction of sp³-hybridized carbons (Fsp3) is 0.682. The highest BCUT2D eigenvalue weighted by Gasteiger charge is 2.38. The van der Waals surface area contributed by atoms with Gasteiger partial charge < -0.3 is 31.4 Å². The van der Waals surface area contributed by atoms with Crippen LogP contribution in [0.2, 0.25) is 0 Å². The van der Waals surface area contributed by atoms with Crippen LogP contribution in [0.3, 0.4) is 0 Å². The lowest BCUT2D eigenvalue weighted by molar-refractivity contribution is -0.149.